The van der Waals surface area contributed by atoms with E-state index in [-0.39, 0.29) is 5.82 Å². The van der Waals surface area contributed by atoms with E-state index in [1.165, 1.54) is 10.9 Å². The summed E-state index contributed by atoms with van der Waals surface area (Å²) in [6.07, 6.45) is 1.95. The third-order valence-corrected chi connectivity index (χ3v) is 3.77. The number of aromatic amines is 1. The first-order chi connectivity index (χ1) is 10.1. The number of aryl methyl sites for hydroxylation is 2. The number of nitrogens with one attached hydrogen (secondary N) is 2. The van der Waals surface area contributed by atoms with Gasteiger partial charge in [-0.2, -0.15) is 0 Å². The van der Waals surface area contributed by atoms with Crippen molar-refractivity contribution in [1.82, 2.24) is 10.3 Å². The van der Waals surface area contributed by atoms with E-state index in [4.69, 9.17) is 0 Å². The van der Waals surface area contributed by atoms with Crippen molar-refractivity contribution in [1.29, 1.82) is 0 Å². The Morgan fingerprint density at radius 3 is 2.43 bits per heavy atom. The van der Waals surface area contributed by atoms with Gasteiger partial charge in [-0.25, -0.2) is 4.39 Å². The van der Waals surface area contributed by atoms with Crippen LogP contribution in [0.4, 0.5) is 4.39 Å². The van der Waals surface area contributed by atoms with E-state index >= 15 is 0 Å². The molecule has 0 aliphatic carbocycles. The molecular weight excluding hydrogens is 263 g/mol. The number of rotatable bonds is 4. The topological polar surface area (TPSA) is 27.8 Å². The van der Waals surface area contributed by atoms with Crippen molar-refractivity contribution < 1.29 is 4.39 Å². The Hall–Kier alpha value is -2.13. The number of hydrogen-bond donors (Lipinski definition) is 2. The summed E-state index contributed by atoms with van der Waals surface area (Å²) in [5, 5.41) is 4.64. The van der Waals surface area contributed by atoms with Crippen LogP contribution in [0, 0.1) is 19.7 Å². The molecule has 1 aromatic heterocycles. The van der Waals surface area contributed by atoms with Gasteiger partial charge < -0.3 is 10.3 Å². The van der Waals surface area contributed by atoms with Crippen LogP contribution in [0.5, 0.6) is 0 Å². The van der Waals surface area contributed by atoms with Gasteiger partial charge in [0, 0.05) is 24.8 Å². The Labute approximate surface area is 124 Å². The first-order valence-corrected chi connectivity index (χ1v) is 7.16. The summed E-state index contributed by atoms with van der Waals surface area (Å²) in [6.45, 7) is 5.17. The zero-order chi connectivity index (χ0) is 14.8. The Bertz CT molecular complexity index is 751. The third-order valence-electron chi connectivity index (χ3n) is 3.77. The Kier molecular flexibility index (Phi) is 3.76. The lowest BCUT2D eigenvalue weighted by Crippen LogP contribution is -2.13. The van der Waals surface area contributed by atoms with Crippen molar-refractivity contribution in [3.63, 3.8) is 0 Å². The van der Waals surface area contributed by atoms with Crippen LogP contribution in [0.15, 0.2) is 42.6 Å². The molecule has 0 bridgehead atoms. The number of benzene rings is 2. The molecule has 3 aromatic rings. The molecule has 0 aliphatic rings. The summed E-state index contributed by atoms with van der Waals surface area (Å²) >= 11 is 0. The van der Waals surface area contributed by atoms with E-state index in [2.05, 4.69) is 34.6 Å². The smallest absolute Gasteiger partial charge is 0.129 e. The largest absolute Gasteiger partial charge is 0.361 e. The van der Waals surface area contributed by atoms with Crippen LogP contribution in [0.3, 0.4) is 0 Å². The Balaban J connectivity index is 1.65. The average molecular weight is 282 g/mol. The number of fused-ring (bicyclic) bond motifs is 1. The molecule has 0 saturated carbocycles. The van der Waals surface area contributed by atoms with Gasteiger partial charge >= 0.3 is 0 Å². The van der Waals surface area contributed by atoms with E-state index in [0.717, 1.165) is 24.2 Å². The van der Waals surface area contributed by atoms with Crippen LogP contribution >= 0.6 is 0 Å². The molecule has 2 N–H and O–H groups in total. The van der Waals surface area contributed by atoms with Gasteiger partial charge in [0.25, 0.3) is 0 Å². The summed E-state index contributed by atoms with van der Waals surface area (Å²) in [5.41, 5.74) is 4.94. The summed E-state index contributed by atoms with van der Waals surface area (Å²) < 4.78 is 13.6. The van der Waals surface area contributed by atoms with Crippen LogP contribution in [0.2, 0.25) is 0 Å². The monoisotopic (exact) mass is 282 g/mol. The number of aromatic nitrogens is 1. The average Bonchev–Trinajstić information content (AvgIpc) is 2.92. The van der Waals surface area contributed by atoms with Crippen LogP contribution in [-0.4, -0.2) is 4.98 Å². The molecule has 0 aliphatic heterocycles. The van der Waals surface area contributed by atoms with Crippen molar-refractivity contribution >= 4 is 10.9 Å². The maximum absolute atomic E-state index is 13.6. The molecule has 3 rings (SSSR count). The molecule has 1 heterocycles. The van der Waals surface area contributed by atoms with E-state index in [9.17, 15) is 4.39 Å². The second-order valence-electron chi connectivity index (χ2n) is 5.55. The lowest BCUT2D eigenvalue weighted by molar-refractivity contribution is 0.606. The maximum Gasteiger partial charge on any atom is 0.129 e. The number of hydrogen-bond acceptors (Lipinski definition) is 1. The molecule has 2 aromatic carbocycles. The zero-order valence-corrected chi connectivity index (χ0v) is 12.3. The van der Waals surface area contributed by atoms with Gasteiger partial charge in [-0.1, -0.05) is 18.2 Å². The fourth-order valence-corrected chi connectivity index (χ4v) is 2.70. The highest BCUT2D eigenvalue weighted by molar-refractivity contribution is 5.79. The van der Waals surface area contributed by atoms with E-state index in [1.807, 2.05) is 32.2 Å². The molecule has 0 saturated heterocycles. The predicted molar refractivity (Wildman–Crippen MR) is 84.7 cm³/mol. The fourth-order valence-electron chi connectivity index (χ4n) is 2.70. The van der Waals surface area contributed by atoms with Gasteiger partial charge in [-0.15, -0.1) is 0 Å². The van der Waals surface area contributed by atoms with Gasteiger partial charge in [-0.3, -0.25) is 0 Å². The summed E-state index contributed by atoms with van der Waals surface area (Å²) in [6, 6.07) is 12.3. The molecule has 0 amide bonds. The normalized spacial score (nSPS) is 11.2. The van der Waals surface area contributed by atoms with Crippen LogP contribution in [0.25, 0.3) is 10.9 Å². The second kappa shape index (κ2) is 5.70. The van der Waals surface area contributed by atoms with Gasteiger partial charge in [-0.05, 0) is 59.7 Å². The van der Waals surface area contributed by atoms with E-state index in [1.54, 1.807) is 0 Å². The minimum absolute atomic E-state index is 0.100. The summed E-state index contributed by atoms with van der Waals surface area (Å²) in [7, 11) is 0. The lowest BCUT2D eigenvalue weighted by atomic mass is 10.1. The molecule has 2 nitrogen and oxygen atoms in total. The highest BCUT2D eigenvalue weighted by Gasteiger charge is 2.04. The van der Waals surface area contributed by atoms with Gasteiger partial charge in [0.15, 0.2) is 0 Å². The highest BCUT2D eigenvalue weighted by Crippen LogP contribution is 2.16. The quantitative estimate of drug-likeness (QED) is 0.737. The highest BCUT2D eigenvalue weighted by atomic mass is 19.1. The van der Waals surface area contributed by atoms with Gasteiger partial charge in [0.2, 0.25) is 0 Å². The molecule has 0 unspecified atom stereocenters. The van der Waals surface area contributed by atoms with E-state index < -0.39 is 0 Å². The molecule has 0 spiro atoms. The molecule has 21 heavy (non-hydrogen) atoms. The van der Waals surface area contributed by atoms with Crippen LogP contribution in [0.1, 0.15) is 22.3 Å². The van der Waals surface area contributed by atoms with Crippen molar-refractivity contribution in [2.24, 2.45) is 0 Å². The van der Waals surface area contributed by atoms with Crippen molar-refractivity contribution in [2.45, 2.75) is 26.9 Å². The van der Waals surface area contributed by atoms with Crippen LogP contribution in [-0.2, 0) is 13.1 Å². The first kappa shape index (κ1) is 13.8. The van der Waals surface area contributed by atoms with Gasteiger partial charge in [0.05, 0.1) is 0 Å². The molecular formula is C18H19FN2. The number of H-pyrrole nitrogens is 1. The molecule has 3 heteroatoms. The standard InChI is InChI=1S/C18H19FN2/c1-12-7-15(8-13(2)18(12)19)11-20-10-14-3-4-17-16(9-14)5-6-21-17/h3-9,20-21H,10-11H2,1-2H3. The van der Waals surface area contributed by atoms with Crippen molar-refractivity contribution in [3.05, 3.63) is 70.7 Å². The molecule has 0 atom stereocenters. The Morgan fingerprint density at radius 2 is 1.67 bits per heavy atom. The third kappa shape index (κ3) is 2.98. The minimum Gasteiger partial charge on any atom is -0.361 e. The van der Waals surface area contributed by atoms with Crippen LogP contribution < -0.4 is 5.32 Å². The molecule has 0 fully saturated rings. The summed E-state index contributed by atoms with van der Waals surface area (Å²) in [4.78, 5) is 3.19. The van der Waals surface area contributed by atoms with Crippen molar-refractivity contribution in [3.8, 4) is 0 Å². The molecule has 0 radical (unpaired) electrons. The van der Waals surface area contributed by atoms with Gasteiger partial charge in [0.1, 0.15) is 5.82 Å². The lowest BCUT2D eigenvalue weighted by Gasteiger charge is -2.09. The SMILES string of the molecule is Cc1cc(CNCc2ccc3[nH]ccc3c2)cc(C)c1F. The molecule has 108 valence electrons. The predicted octanol–water partition coefficient (Wildman–Crippen LogP) is 4.21. The fraction of sp³-hybridized carbons (Fsp3) is 0.222. The minimum atomic E-state index is -0.100. The summed E-state index contributed by atoms with van der Waals surface area (Å²) in [5.74, 6) is -0.100. The Morgan fingerprint density at radius 1 is 0.952 bits per heavy atom. The zero-order valence-electron chi connectivity index (χ0n) is 12.3. The van der Waals surface area contributed by atoms with E-state index in [0.29, 0.717) is 11.1 Å². The maximum atomic E-state index is 13.6. The second-order valence-corrected chi connectivity index (χ2v) is 5.55. The first-order valence-electron chi connectivity index (χ1n) is 7.16. The number of halogens is 1. The van der Waals surface area contributed by atoms with Crippen molar-refractivity contribution in [2.75, 3.05) is 0 Å².